The number of carbonyl (C=O) groups is 2. The van der Waals surface area contributed by atoms with Crippen molar-refractivity contribution in [3.8, 4) is 0 Å². The summed E-state index contributed by atoms with van der Waals surface area (Å²) in [5.74, 6) is -1.06. The quantitative estimate of drug-likeness (QED) is 0.770. The lowest BCUT2D eigenvalue weighted by atomic mass is 10.1. The van der Waals surface area contributed by atoms with E-state index in [-0.39, 0.29) is 24.9 Å². The molecule has 0 aliphatic heterocycles. The molecule has 2 rings (SSSR count). The second-order valence-corrected chi connectivity index (χ2v) is 4.46. The number of amides is 1. The number of aliphatic carboxylic acids is 1. The number of nitrogens with two attached hydrogens (primary N) is 1. The maximum atomic E-state index is 12.3. The van der Waals surface area contributed by atoms with Crippen LogP contribution >= 0.6 is 0 Å². The van der Waals surface area contributed by atoms with Crippen LogP contribution in [0.4, 0.5) is 5.69 Å². The molecule has 0 unspecified atom stereocenters. The van der Waals surface area contributed by atoms with Gasteiger partial charge in [-0.25, -0.2) is 0 Å². The molecule has 5 nitrogen and oxygen atoms in total. The van der Waals surface area contributed by atoms with Gasteiger partial charge in [0.25, 0.3) is 5.91 Å². The van der Waals surface area contributed by atoms with Gasteiger partial charge in [-0.3, -0.25) is 9.59 Å². The molecular weight excluding hydrogens is 232 g/mol. The molecule has 18 heavy (non-hydrogen) atoms. The number of carboxylic acid groups (broad SMARTS) is 1. The van der Waals surface area contributed by atoms with Gasteiger partial charge in [0.15, 0.2) is 0 Å². The SMILES string of the molecule is Nc1ccccc1C(=O)N(CCC(=O)O)C1CC1. The number of anilines is 1. The van der Waals surface area contributed by atoms with Gasteiger partial charge >= 0.3 is 5.97 Å². The van der Waals surface area contributed by atoms with Gasteiger partial charge in [0.05, 0.1) is 12.0 Å². The average Bonchev–Trinajstić information content (AvgIpc) is 3.13. The summed E-state index contributed by atoms with van der Waals surface area (Å²) in [6, 6.07) is 7.05. The van der Waals surface area contributed by atoms with Crippen molar-refractivity contribution in [2.24, 2.45) is 0 Å². The first-order valence-electron chi connectivity index (χ1n) is 5.97. The predicted octanol–water partition coefficient (Wildman–Crippen LogP) is 1.35. The lowest BCUT2D eigenvalue weighted by molar-refractivity contribution is -0.137. The highest BCUT2D eigenvalue weighted by Gasteiger charge is 2.33. The number of carboxylic acids is 1. The van der Waals surface area contributed by atoms with Crippen LogP contribution in [0.3, 0.4) is 0 Å². The van der Waals surface area contributed by atoms with Gasteiger partial charge < -0.3 is 15.7 Å². The van der Waals surface area contributed by atoms with Crippen molar-refractivity contribution in [1.29, 1.82) is 0 Å². The lowest BCUT2D eigenvalue weighted by Crippen LogP contribution is -2.35. The fourth-order valence-corrected chi connectivity index (χ4v) is 1.90. The fraction of sp³-hybridized carbons (Fsp3) is 0.385. The van der Waals surface area contributed by atoms with E-state index in [9.17, 15) is 9.59 Å². The summed E-state index contributed by atoms with van der Waals surface area (Å²) in [6.07, 6.45) is 1.85. The number of benzene rings is 1. The minimum atomic E-state index is -0.894. The number of carbonyl (C=O) groups excluding carboxylic acids is 1. The summed E-state index contributed by atoms with van der Waals surface area (Å²) in [5, 5.41) is 8.71. The molecule has 0 saturated heterocycles. The van der Waals surface area contributed by atoms with E-state index >= 15 is 0 Å². The smallest absolute Gasteiger partial charge is 0.305 e. The minimum Gasteiger partial charge on any atom is -0.481 e. The summed E-state index contributed by atoms with van der Waals surface area (Å²) >= 11 is 0. The van der Waals surface area contributed by atoms with Crippen LogP contribution < -0.4 is 5.73 Å². The van der Waals surface area contributed by atoms with Crippen LogP contribution in [0.5, 0.6) is 0 Å². The molecule has 1 amide bonds. The third-order valence-electron chi connectivity index (χ3n) is 3.01. The maximum Gasteiger partial charge on any atom is 0.305 e. The van der Waals surface area contributed by atoms with Gasteiger partial charge in [-0.05, 0) is 25.0 Å². The fourth-order valence-electron chi connectivity index (χ4n) is 1.90. The Morgan fingerprint density at radius 3 is 2.56 bits per heavy atom. The first kappa shape index (κ1) is 12.4. The molecule has 5 heteroatoms. The Labute approximate surface area is 105 Å². The molecule has 3 N–H and O–H groups in total. The van der Waals surface area contributed by atoms with Crippen LogP contribution in [-0.2, 0) is 4.79 Å². The van der Waals surface area contributed by atoms with E-state index in [0.717, 1.165) is 12.8 Å². The van der Waals surface area contributed by atoms with Gasteiger partial charge in [-0.15, -0.1) is 0 Å². The Hall–Kier alpha value is -2.04. The van der Waals surface area contributed by atoms with Gasteiger partial charge in [0, 0.05) is 18.3 Å². The van der Waals surface area contributed by atoms with Gasteiger partial charge in [0.2, 0.25) is 0 Å². The summed E-state index contributed by atoms with van der Waals surface area (Å²) in [5.41, 5.74) is 6.66. The second-order valence-electron chi connectivity index (χ2n) is 4.46. The number of hydrogen-bond acceptors (Lipinski definition) is 3. The van der Waals surface area contributed by atoms with Crippen LogP contribution in [0.25, 0.3) is 0 Å². The monoisotopic (exact) mass is 248 g/mol. The zero-order valence-electron chi connectivity index (χ0n) is 10.0. The van der Waals surface area contributed by atoms with Crippen LogP contribution in [0.1, 0.15) is 29.6 Å². The first-order chi connectivity index (χ1) is 8.59. The Bertz CT molecular complexity index is 469. The molecule has 1 aliphatic rings. The van der Waals surface area contributed by atoms with Crippen molar-refractivity contribution < 1.29 is 14.7 Å². The Kier molecular flexibility index (Phi) is 3.50. The molecule has 0 bridgehead atoms. The highest BCUT2D eigenvalue weighted by Crippen LogP contribution is 2.29. The summed E-state index contributed by atoms with van der Waals surface area (Å²) < 4.78 is 0. The Balaban J connectivity index is 2.13. The summed E-state index contributed by atoms with van der Waals surface area (Å²) in [4.78, 5) is 24.5. The normalized spacial score (nSPS) is 14.2. The van der Waals surface area contributed by atoms with E-state index in [2.05, 4.69) is 0 Å². The molecule has 0 spiro atoms. The molecule has 1 aliphatic carbocycles. The minimum absolute atomic E-state index is 0.0328. The van der Waals surface area contributed by atoms with Gasteiger partial charge in [-0.2, -0.15) is 0 Å². The average molecular weight is 248 g/mol. The van der Waals surface area contributed by atoms with Crippen molar-refractivity contribution >= 4 is 17.6 Å². The van der Waals surface area contributed by atoms with Crippen LogP contribution in [-0.4, -0.2) is 34.5 Å². The van der Waals surface area contributed by atoms with E-state index in [1.165, 1.54) is 0 Å². The number of rotatable bonds is 5. The highest BCUT2D eigenvalue weighted by molar-refractivity contribution is 5.99. The van der Waals surface area contributed by atoms with E-state index in [1.807, 2.05) is 0 Å². The Morgan fingerprint density at radius 2 is 2.00 bits per heavy atom. The van der Waals surface area contributed by atoms with Crippen molar-refractivity contribution in [3.63, 3.8) is 0 Å². The van der Waals surface area contributed by atoms with Crippen LogP contribution in [0.15, 0.2) is 24.3 Å². The maximum absolute atomic E-state index is 12.3. The zero-order valence-corrected chi connectivity index (χ0v) is 10.0. The van der Waals surface area contributed by atoms with Crippen molar-refractivity contribution in [2.75, 3.05) is 12.3 Å². The molecule has 0 atom stereocenters. The highest BCUT2D eigenvalue weighted by atomic mass is 16.4. The first-order valence-corrected chi connectivity index (χ1v) is 5.97. The summed E-state index contributed by atoms with van der Waals surface area (Å²) in [7, 11) is 0. The molecular formula is C13H16N2O3. The van der Waals surface area contributed by atoms with E-state index in [0.29, 0.717) is 11.3 Å². The predicted molar refractivity (Wildman–Crippen MR) is 67.2 cm³/mol. The third-order valence-corrected chi connectivity index (χ3v) is 3.01. The number of hydrogen-bond donors (Lipinski definition) is 2. The van der Waals surface area contributed by atoms with E-state index < -0.39 is 5.97 Å². The standard InChI is InChI=1S/C13H16N2O3/c14-11-4-2-1-3-10(11)13(18)15(9-5-6-9)8-7-12(16)17/h1-4,9H,5-8,14H2,(H,16,17). The molecule has 1 aromatic carbocycles. The molecule has 96 valence electrons. The Morgan fingerprint density at radius 1 is 1.33 bits per heavy atom. The number of nitrogen functional groups attached to an aromatic ring is 1. The molecule has 1 saturated carbocycles. The van der Waals surface area contributed by atoms with E-state index in [1.54, 1.807) is 29.2 Å². The second kappa shape index (κ2) is 5.08. The van der Waals surface area contributed by atoms with Gasteiger partial charge in [-0.1, -0.05) is 12.1 Å². The van der Waals surface area contributed by atoms with Crippen LogP contribution in [0.2, 0.25) is 0 Å². The molecule has 1 fully saturated rings. The van der Waals surface area contributed by atoms with Crippen LogP contribution in [0, 0.1) is 0 Å². The topological polar surface area (TPSA) is 83.6 Å². The molecule has 1 aromatic rings. The molecule has 0 radical (unpaired) electrons. The third kappa shape index (κ3) is 2.80. The van der Waals surface area contributed by atoms with Crippen molar-refractivity contribution in [3.05, 3.63) is 29.8 Å². The van der Waals surface area contributed by atoms with Gasteiger partial charge in [0.1, 0.15) is 0 Å². The largest absolute Gasteiger partial charge is 0.481 e. The van der Waals surface area contributed by atoms with Crippen molar-refractivity contribution in [1.82, 2.24) is 4.90 Å². The van der Waals surface area contributed by atoms with Crippen molar-refractivity contribution in [2.45, 2.75) is 25.3 Å². The molecule has 0 heterocycles. The van der Waals surface area contributed by atoms with E-state index in [4.69, 9.17) is 10.8 Å². The summed E-state index contributed by atoms with van der Waals surface area (Å²) in [6.45, 7) is 0.243. The zero-order chi connectivity index (χ0) is 13.1. The number of para-hydroxylation sites is 1. The number of nitrogens with zero attached hydrogens (tertiary/aromatic N) is 1. The molecule has 0 aromatic heterocycles. The lowest BCUT2D eigenvalue weighted by Gasteiger charge is -2.22.